The van der Waals surface area contributed by atoms with Crippen molar-refractivity contribution in [2.75, 3.05) is 18.1 Å². The highest BCUT2D eigenvalue weighted by Gasteiger charge is 2.43. The zero-order chi connectivity index (χ0) is 25.7. The fourth-order valence-corrected chi connectivity index (χ4v) is 4.47. The molecule has 0 saturated heterocycles. The number of ether oxygens (including phenoxy) is 2. The van der Waals surface area contributed by atoms with Gasteiger partial charge in [-0.2, -0.15) is 0 Å². The number of carbonyl (C=O) groups is 3. The maximum Gasteiger partial charge on any atom is 0.270 e. The normalized spacial score (nSPS) is 12.8. The van der Waals surface area contributed by atoms with Gasteiger partial charge in [0.1, 0.15) is 11.5 Å². The van der Waals surface area contributed by atoms with Crippen LogP contribution in [0.5, 0.6) is 11.5 Å². The number of unbranched alkanes of at least 4 members (excludes halogenated alkanes) is 3. The van der Waals surface area contributed by atoms with Crippen LogP contribution in [0.15, 0.2) is 48.5 Å². The molecule has 0 aliphatic carbocycles. The summed E-state index contributed by atoms with van der Waals surface area (Å²) in [6.07, 6.45) is 4.56. The number of hydrogen-bond donors (Lipinski definition) is 0. The third-order valence-corrected chi connectivity index (χ3v) is 6.19. The van der Waals surface area contributed by atoms with E-state index in [2.05, 4.69) is 6.92 Å². The molecule has 4 rings (SSSR count). The molecule has 2 amide bonds. The molecule has 188 valence electrons. The van der Waals surface area contributed by atoms with Crippen LogP contribution >= 0.6 is 0 Å². The Bertz CT molecular complexity index is 1280. The van der Waals surface area contributed by atoms with Crippen LogP contribution in [0.1, 0.15) is 72.2 Å². The van der Waals surface area contributed by atoms with Gasteiger partial charge in [0.15, 0.2) is 0 Å². The number of carboxylic acids is 1. The molecule has 0 N–H and O–H groups in total. The van der Waals surface area contributed by atoms with E-state index in [9.17, 15) is 19.5 Å². The summed E-state index contributed by atoms with van der Waals surface area (Å²) >= 11 is 0. The van der Waals surface area contributed by atoms with Gasteiger partial charge < -0.3 is 19.4 Å². The van der Waals surface area contributed by atoms with E-state index < -0.39 is 17.8 Å². The Balaban J connectivity index is 1.81. The third kappa shape index (κ3) is 4.91. The lowest BCUT2D eigenvalue weighted by Crippen LogP contribution is -2.29. The van der Waals surface area contributed by atoms with Crippen molar-refractivity contribution >= 4 is 34.2 Å². The highest BCUT2D eigenvalue weighted by atomic mass is 16.5. The molecule has 0 spiro atoms. The summed E-state index contributed by atoms with van der Waals surface area (Å²) in [6.45, 7) is 4.95. The zero-order valence-electron chi connectivity index (χ0n) is 20.7. The SMILES string of the molecule is CCCCCCOc1c2c(c(OCCC)c3ccccc13)C(=O)N(c1ccc(CC(=O)[O-])cc1)C2=O. The molecular weight excluding hydrogens is 458 g/mol. The lowest BCUT2D eigenvalue weighted by atomic mass is 9.99. The van der Waals surface area contributed by atoms with Crippen molar-refractivity contribution in [3.8, 4) is 11.5 Å². The van der Waals surface area contributed by atoms with Crippen molar-refractivity contribution < 1.29 is 29.0 Å². The number of aliphatic carboxylic acids is 1. The van der Waals surface area contributed by atoms with E-state index in [4.69, 9.17) is 9.47 Å². The van der Waals surface area contributed by atoms with Crippen molar-refractivity contribution in [2.24, 2.45) is 0 Å². The molecule has 1 aliphatic heterocycles. The van der Waals surface area contributed by atoms with Gasteiger partial charge in [0.25, 0.3) is 11.8 Å². The summed E-state index contributed by atoms with van der Waals surface area (Å²) in [5.74, 6) is -1.40. The second kappa shape index (κ2) is 11.2. The highest BCUT2D eigenvalue weighted by Crippen LogP contribution is 2.46. The molecule has 0 saturated carbocycles. The second-order valence-electron chi connectivity index (χ2n) is 8.87. The number of anilines is 1. The number of imide groups is 1. The lowest BCUT2D eigenvalue weighted by molar-refractivity contribution is -0.304. The molecule has 7 heteroatoms. The maximum absolute atomic E-state index is 13.8. The number of nitrogens with zero attached hydrogens (tertiary/aromatic N) is 1. The van der Waals surface area contributed by atoms with Gasteiger partial charge in [-0.25, -0.2) is 4.90 Å². The molecule has 3 aromatic rings. The molecule has 3 aromatic carbocycles. The van der Waals surface area contributed by atoms with E-state index in [0.29, 0.717) is 36.0 Å². The standard InChI is InChI=1S/C29H31NO6/c1-3-5-6-9-17-36-27-22-11-8-7-10-21(22)26(35-16-4-2)24-25(27)29(34)30(28(24)33)20-14-12-19(13-15-20)18-23(31)32/h7-8,10-15H,3-6,9,16-18H2,1-2H3,(H,31,32)/p-1. The van der Waals surface area contributed by atoms with Crippen LogP contribution in [0.2, 0.25) is 0 Å². The highest BCUT2D eigenvalue weighted by molar-refractivity contribution is 6.38. The molecule has 0 fully saturated rings. The van der Waals surface area contributed by atoms with Crippen LogP contribution in [0.3, 0.4) is 0 Å². The number of carboxylic acid groups (broad SMARTS) is 1. The van der Waals surface area contributed by atoms with E-state index in [1.54, 1.807) is 24.3 Å². The van der Waals surface area contributed by atoms with Crippen molar-refractivity contribution in [3.05, 3.63) is 65.2 Å². The topological polar surface area (TPSA) is 96.0 Å². The number of carbonyl (C=O) groups excluding carboxylic acids is 3. The minimum absolute atomic E-state index is 0.203. The van der Waals surface area contributed by atoms with E-state index >= 15 is 0 Å². The number of fused-ring (bicyclic) bond motifs is 2. The Labute approximate surface area is 210 Å². The molecule has 0 atom stereocenters. The Hall–Kier alpha value is -3.87. The van der Waals surface area contributed by atoms with Crippen molar-refractivity contribution in [1.29, 1.82) is 0 Å². The first-order valence-electron chi connectivity index (χ1n) is 12.5. The summed E-state index contributed by atoms with van der Waals surface area (Å²) in [6, 6.07) is 13.8. The first-order valence-corrected chi connectivity index (χ1v) is 12.5. The van der Waals surface area contributed by atoms with Crippen LogP contribution in [-0.4, -0.2) is 31.0 Å². The largest absolute Gasteiger partial charge is 0.550 e. The van der Waals surface area contributed by atoms with Crippen LogP contribution < -0.4 is 19.5 Å². The maximum atomic E-state index is 13.8. The fraction of sp³-hybridized carbons (Fsp3) is 0.345. The second-order valence-corrected chi connectivity index (χ2v) is 8.87. The van der Waals surface area contributed by atoms with E-state index in [0.717, 1.165) is 47.8 Å². The third-order valence-electron chi connectivity index (χ3n) is 6.19. The molecule has 0 radical (unpaired) electrons. The van der Waals surface area contributed by atoms with Gasteiger partial charge in [-0.15, -0.1) is 0 Å². The Morgan fingerprint density at radius 3 is 1.89 bits per heavy atom. The molecule has 1 aliphatic rings. The van der Waals surface area contributed by atoms with Gasteiger partial charge >= 0.3 is 0 Å². The van der Waals surface area contributed by atoms with Crippen molar-refractivity contribution in [3.63, 3.8) is 0 Å². The minimum atomic E-state index is -1.20. The fourth-order valence-electron chi connectivity index (χ4n) is 4.47. The minimum Gasteiger partial charge on any atom is -0.550 e. The predicted molar refractivity (Wildman–Crippen MR) is 136 cm³/mol. The number of hydrogen-bond acceptors (Lipinski definition) is 6. The van der Waals surface area contributed by atoms with Crippen LogP contribution in [-0.2, 0) is 11.2 Å². The average molecular weight is 489 g/mol. The van der Waals surface area contributed by atoms with Crippen LogP contribution in [0.25, 0.3) is 10.8 Å². The van der Waals surface area contributed by atoms with Gasteiger partial charge in [-0.3, -0.25) is 9.59 Å². The van der Waals surface area contributed by atoms with Crippen molar-refractivity contribution in [1.82, 2.24) is 0 Å². The molecule has 0 aromatic heterocycles. The Kier molecular flexibility index (Phi) is 7.88. The van der Waals surface area contributed by atoms with Gasteiger partial charge in [0, 0.05) is 23.2 Å². The van der Waals surface area contributed by atoms with E-state index in [1.165, 1.54) is 0 Å². The number of benzene rings is 3. The summed E-state index contributed by atoms with van der Waals surface area (Å²) in [5, 5.41) is 12.4. The molecule has 36 heavy (non-hydrogen) atoms. The molecule has 1 heterocycles. The average Bonchev–Trinajstić information content (AvgIpc) is 3.13. The van der Waals surface area contributed by atoms with Gasteiger partial charge in [0.2, 0.25) is 0 Å². The summed E-state index contributed by atoms with van der Waals surface area (Å²) in [7, 11) is 0. The van der Waals surface area contributed by atoms with Crippen LogP contribution in [0, 0.1) is 0 Å². The number of amides is 2. The van der Waals surface area contributed by atoms with E-state index in [1.807, 2.05) is 31.2 Å². The summed E-state index contributed by atoms with van der Waals surface area (Å²) in [5.41, 5.74) is 1.28. The first-order chi connectivity index (χ1) is 17.5. The smallest absolute Gasteiger partial charge is 0.270 e. The first kappa shape index (κ1) is 25.2. The number of rotatable bonds is 12. The lowest BCUT2D eigenvalue weighted by Gasteiger charge is -2.17. The predicted octanol–water partition coefficient (Wildman–Crippen LogP) is 4.68. The van der Waals surface area contributed by atoms with Gasteiger partial charge in [0.05, 0.1) is 30.0 Å². The van der Waals surface area contributed by atoms with Crippen LogP contribution in [0.4, 0.5) is 5.69 Å². The molecule has 0 bridgehead atoms. The molecule has 7 nitrogen and oxygen atoms in total. The van der Waals surface area contributed by atoms with Gasteiger partial charge in [-0.05, 0) is 30.5 Å². The Morgan fingerprint density at radius 2 is 1.36 bits per heavy atom. The van der Waals surface area contributed by atoms with Crippen molar-refractivity contribution in [2.45, 2.75) is 52.4 Å². The van der Waals surface area contributed by atoms with E-state index in [-0.39, 0.29) is 17.5 Å². The van der Waals surface area contributed by atoms with Gasteiger partial charge in [-0.1, -0.05) is 69.5 Å². The summed E-state index contributed by atoms with van der Waals surface area (Å²) in [4.78, 5) is 39.5. The monoisotopic (exact) mass is 488 g/mol. The summed E-state index contributed by atoms with van der Waals surface area (Å²) < 4.78 is 12.3. The molecular formula is C29H30NO6-. The Morgan fingerprint density at radius 1 is 0.778 bits per heavy atom. The molecule has 0 unspecified atom stereocenters. The quantitative estimate of drug-likeness (QED) is 0.271. The zero-order valence-corrected chi connectivity index (χ0v) is 20.7.